The molecule has 0 aliphatic carbocycles. The topological polar surface area (TPSA) is 98.1 Å². The largest absolute Gasteiger partial charge is 0.490 e. The van der Waals surface area contributed by atoms with Crippen LogP contribution in [-0.2, 0) is 21.2 Å². The molecular formula is C24H32N2O6S. The van der Waals surface area contributed by atoms with Gasteiger partial charge in [-0.3, -0.25) is 4.79 Å². The first-order valence-electron chi connectivity index (χ1n) is 11.5. The Bertz CT molecular complexity index is 1050. The lowest BCUT2D eigenvalue weighted by Gasteiger charge is -2.30. The molecule has 2 aromatic rings. The van der Waals surface area contributed by atoms with E-state index in [0.717, 1.165) is 23.5 Å². The molecule has 1 N–H and O–H groups in total. The molecule has 180 valence electrons. The molecular weight excluding hydrogens is 444 g/mol. The first-order chi connectivity index (χ1) is 15.8. The summed E-state index contributed by atoms with van der Waals surface area (Å²) in [5.74, 6) is 2.27. The molecule has 9 heteroatoms. The van der Waals surface area contributed by atoms with Gasteiger partial charge in [-0.15, -0.1) is 0 Å². The number of ether oxygens (including phenoxy) is 2. The van der Waals surface area contributed by atoms with E-state index in [2.05, 4.69) is 19.2 Å². The van der Waals surface area contributed by atoms with Crippen LogP contribution in [0.25, 0.3) is 0 Å². The number of carbonyl (C=O) groups excluding carboxylic acids is 1. The number of furan rings is 1. The second kappa shape index (κ2) is 10.2. The molecule has 3 heterocycles. The average molecular weight is 477 g/mol. The van der Waals surface area contributed by atoms with Crippen LogP contribution in [0.1, 0.15) is 44.1 Å². The maximum Gasteiger partial charge on any atom is 0.237 e. The molecule has 0 bridgehead atoms. The second-order valence-electron chi connectivity index (χ2n) is 9.02. The van der Waals surface area contributed by atoms with Crippen molar-refractivity contribution in [2.45, 2.75) is 45.3 Å². The molecule has 2 unspecified atom stereocenters. The standard InChI is InChI=1S/C24H32N2O6S/c1-17(2)24(18-6-7-21-22(13-18)32-11-4-10-31-21)25-14-23(27)26(15-20-5-3-9-30-20)19-8-12-33(28,29)16-19/h3,5-7,9,13,17,19,24-25H,4,8,10-12,14-16H2,1-2H3. The zero-order valence-electron chi connectivity index (χ0n) is 19.2. The fourth-order valence-electron chi connectivity index (χ4n) is 4.42. The van der Waals surface area contributed by atoms with Gasteiger partial charge in [-0.25, -0.2) is 8.42 Å². The molecule has 1 amide bonds. The minimum absolute atomic E-state index is 0.00474. The van der Waals surface area contributed by atoms with Crippen LogP contribution >= 0.6 is 0 Å². The Balaban J connectivity index is 1.48. The predicted octanol–water partition coefficient (Wildman–Crippen LogP) is 2.94. The first kappa shape index (κ1) is 23.6. The summed E-state index contributed by atoms with van der Waals surface area (Å²) >= 11 is 0. The lowest BCUT2D eigenvalue weighted by atomic mass is 9.95. The van der Waals surface area contributed by atoms with E-state index in [1.807, 2.05) is 18.2 Å². The maximum atomic E-state index is 13.3. The smallest absolute Gasteiger partial charge is 0.237 e. The van der Waals surface area contributed by atoms with E-state index >= 15 is 0 Å². The maximum absolute atomic E-state index is 13.3. The normalized spacial score (nSPS) is 20.4. The summed E-state index contributed by atoms with van der Waals surface area (Å²) in [4.78, 5) is 14.9. The van der Waals surface area contributed by atoms with Crippen LogP contribution in [0.4, 0.5) is 0 Å². The Morgan fingerprint density at radius 3 is 2.64 bits per heavy atom. The highest BCUT2D eigenvalue weighted by molar-refractivity contribution is 7.91. The van der Waals surface area contributed by atoms with E-state index in [4.69, 9.17) is 13.9 Å². The molecule has 0 saturated carbocycles. The predicted molar refractivity (Wildman–Crippen MR) is 124 cm³/mol. The summed E-state index contributed by atoms with van der Waals surface area (Å²) < 4.78 is 41.1. The molecule has 1 aromatic carbocycles. The number of rotatable bonds is 8. The number of amides is 1. The number of nitrogens with one attached hydrogen (secondary N) is 1. The van der Waals surface area contributed by atoms with Gasteiger partial charge in [-0.1, -0.05) is 19.9 Å². The van der Waals surface area contributed by atoms with Gasteiger partial charge in [0.1, 0.15) is 5.76 Å². The van der Waals surface area contributed by atoms with E-state index in [-0.39, 0.29) is 48.5 Å². The lowest BCUT2D eigenvalue weighted by molar-refractivity contribution is -0.133. The highest BCUT2D eigenvalue weighted by Gasteiger charge is 2.35. The number of fused-ring (bicyclic) bond motifs is 1. The molecule has 8 nitrogen and oxygen atoms in total. The summed E-state index contributed by atoms with van der Waals surface area (Å²) in [5.41, 5.74) is 1.02. The quantitative estimate of drug-likeness (QED) is 0.625. The van der Waals surface area contributed by atoms with Gasteiger partial charge < -0.3 is 24.1 Å². The third-order valence-corrected chi connectivity index (χ3v) is 7.90. The van der Waals surface area contributed by atoms with Crippen molar-refractivity contribution < 1.29 is 27.1 Å². The third-order valence-electron chi connectivity index (χ3n) is 6.15. The van der Waals surface area contributed by atoms with Crippen molar-refractivity contribution in [2.24, 2.45) is 5.92 Å². The summed E-state index contributed by atoms with van der Waals surface area (Å²) in [6, 6.07) is 9.04. The van der Waals surface area contributed by atoms with Crippen LogP contribution in [-0.4, -0.2) is 56.5 Å². The van der Waals surface area contributed by atoms with Gasteiger partial charge in [0.15, 0.2) is 21.3 Å². The van der Waals surface area contributed by atoms with Crippen LogP contribution in [0.3, 0.4) is 0 Å². The second-order valence-corrected chi connectivity index (χ2v) is 11.2. The van der Waals surface area contributed by atoms with Crippen molar-refractivity contribution in [1.82, 2.24) is 10.2 Å². The monoisotopic (exact) mass is 476 g/mol. The Morgan fingerprint density at radius 1 is 1.18 bits per heavy atom. The van der Waals surface area contributed by atoms with Gasteiger partial charge in [-0.05, 0) is 42.2 Å². The van der Waals surface area contributed by atoms with Crippen molar-refractivity contribution >= 4 is 15.7 Å². The highest BCUT2D eigenvalue weighted by atomic mass is 32.2. The van der Waals surface area contributed by atoms with Crippen LogP contribution < -0.4 is 14.8 Å². The van der Waals surface area contributed by atoms with Gasteiger partial charge in [-0.2, -0.15) is 0 Å². The number of benzene rings is 1. The van der Waals surface area contributed by atoms with Gasteiger partial charge in [0.2, 0.25) is 5.91 Å². The van der Waals surface area contributed by atoms with Gasteiger partial charge >= 0.3 is 0 Å². The fraction of sp³-hybridized carbons (Fsp3) is 0.542. The van der Waals surface area contributed by atoms with Crippen molar-refractivity contribution in [3.63, 3.8) is 0 Å². The molecule has 0 radical (unpaired) electrons. The molecule has 33 heavy (non-hydrogen) atoms. The fourth-order valence-corrected chi connectivity index (χ4v) is 6.15. The molecule has 1 saturated heterocycles. The SMILES string of the molecule is CC(C)C(NCC(=O)N(Cc1ccco1)C1CCS(=O)(=O)C1)c1ccc2c(c1)OCCCO2. The van der Waals surface area contributed by atoms with E-state index in [1.54, 1.807) is 23.3 Å². The number of hydrogen-bond donors (Lipinski definition) is 1. The minimum Gasteiger partial charge on any atom is -0.490 e. The molecule has 2 aliphatic heterocycles. The Kier molecular flexibility index (Phi) is 7.29. The number of sulfone groups is 1. The van der Waals surface area contributed by atoms with Gasteiger partial charge in [0.05, 0.1) is 44.1 Å². The van der Waals surface area contributed by atoms with E-state index in [9.17, 15) is 13.2 Å². The molecule has 4 rings (SSSR count). The van der Waals surface area contributed by atoms with Crippen LogP contribution in [0.2, 0.25) is 0 Å². The Hall–Kier alpha value is -2.52. The van der Waals surface area contributed by atoms with Crippen molar-refractivity contribution in [3.05, 3.63) is 47.9 Å². The zero-order valence-corrected chi connectivity index (χ0v) is 20.0. The van der Waals surface area contributed by atoms with Crippen molar-refractivity contribution in [3.8, 4) is 11.5 Å². The Morgan fingerprint density at radius 2 is 1.97 bits per heavy atom. The zero-order chi connectivity index (χ0) is 23.4. The van der Waals surface area contributed by atoms with E-state index in [1.165, 1.54) is 0 Å². The van der Waals surface area contributed by atoms with Crippen molar-refractivity contribution in [1.29, 1.82) is 0 Å². The average Bonchev–Trinajstić information content (AvgIpc) is 3.34. The van der Waals surface area contributed by atoms with E-state index < -0.39 is 9.84 Å². The summed E-state index contributed by atoms with van der Waals surface area (Å²) in [7, 11) is -3.12. The lowest BCUT2D eigenvalue weighted by Crippen LogP contribution is -2.45. The van der Waals surface area contributed by atoms with E-state index in [0.29, 0.717) is 25.4 Å². The van der Waals surface area contributed by atoms with Crippen LogP contribution in [0.15, 0.2) is 41.0 Å². The van der Waals surface area contributed by atoms with Crippen LogP contribution in [0, 0.1) is 5.92 Å². The first-order valence-corrected chi connectivity index (χ1v) is 13.3. The molecule has 1 aromatic heterocycles. The summed E-state index contributed by atoms with van der Waals surface area (Å²) in [6.07, 6.45) is 2.85. The molecule has 1 fully saturated rings. The number of carbonyl (C=O) groups is 1. The molecule has 2 aliphatic rings. The number of hydrogen-bond acceptors (Lipinski definition) is 7. The van der Waals surface area contributed by atoms with Crippen molar-refractivity contribution in [2.75, 3.05) is 31.3 Å². The highest BCUT2D eigenvalue weighted by Crippen LogP contribution is 2.34. The van der Waals surface area contributed by atoms with Gasteiger partial charge in [0, 0.05) is 18.5 Å². The minimum atomic E-state index is -3.12. The third kappa shape index (κ3) is 5.89. The molecule has 0 spiro atoms. The summed E-state index contributed by atoms with van der Waals surface area (Å²) in [6.45, 7) is 5.78. The Labute approximate surface area is 195 Å². The molecule has 2 atom stereocenters. The number of nitrogens with zero attached hydrogens (tertiary/aromatic N) is 1. The summed E-state index contributed by atoms with van der Waals surface area (Å²) in [5, 5.41) is 3.39. The van der Waals surface area contributed by atoms with Gasteiger partial charge in [0.25, 0.3) is 0 Å². The van der Waals surface area contributed by atoms with Crippen LogP contribution in [0.5, 0.6) is 11.5 Å².